The van der Waals surface area contributed by atoms with E-state index >= 15 is 0 Å². The van der Waals surface area contributed by atoms with Gasteiger partial charge in [0.05, 0.1) is 12.9 Å². The Morgan fingerprint density at radius 2 is 1.96 bits per heavy atom. The van der Waals surface area contributed by atoms with Gasteiger partial charge < -0.3 is 10.1 Å². The Kier molecular flexibility index (Phi) is 7.62. The second-order valence-corrected chi connectivity index (χ2v) is 8.08. The van der Waals surface area contributed by atoms with Gasteiger partial charge in [-0.15, -0.1) is 10.2 Å². The smallest absolute Gasteiger partial charge is 0.331 e. The second-order valence-electron chi connectivity index (χ2n) is 7.14. The molecule has 1 atom stereocenters. The van der Waals surface area contributed by atoms with Crippen LogP contribution >= 0.6 is 11.8 Å². The largest absolute Gasteiger partial charge is 0.467 e. The molecule has 1 aromatic carbocycles. The molecule has 1 N–H and O–H groups in total. The molecule has 1 heterocycles. The highest BCUT2D eigenvalue weighted by Crippen LogP contribution is 2.22. The molecule has 0 bridgehead atoms. The predicted octanol–water partition coefficient (Wildman–Crippen LogP) is 3.33. The summed E-state index contributed by atoms with van der Waals surface area (Å²) in [6.07, 6.45) is 2.88. The molecule has 28 heavy (non-hydrogen) atoms. The fraction of sp³-hybridized carbons (Fsp3) is 0.500. The lowest BCUT2D eigenvalue weighted by Crippen LogP contribution is -2.53. The Bertz CT molecular complexity index is 804. The molecule has 0 aliphatic rings. The summed E-state index contributed by atoms with van der Waals surface area (Å²) in [4.78, 5) is 24.5. The van der Waals surface area contributed by atoms with E-state index in [4.69, 9.17) is 4.74 Å². The summed E-state index contributed by atoms with van der Waals surface area (Å²) in [5.41, 5.74) is 1.16. The van der Waals surface area contributed by atoms with E-state index in [0.29, 0.717) is 17.5 Å². The normalized spacial score (nSPS) is 13.2. The Balaban J connectivity index is 2.04. The van der Waals surface area contributed by atoms with E-state index in [9.17, 15) is 9.59 Å². The van der Waals surface area contributed by atoms with Crippen molar-refractivity contribution < 1.29 is 14.3 Å². The number of hydrogen-bond donors (Lipinski definition) is 1. The van der Waals surface area contributed by atoms with Crippen molar-refractivity contribution in [3.05, 3.63) is 36.2 Å². The van der Waals surface area contributed by atoms with Gasteiger partial charge in [-0.3, -0.25) is 9.36 Å². The van der Waals surface area contributed by atoms with E-state index in [1.54, 1.807) is 13.3 Å². The fourth-order valence-electron chi connectivity index (χ4n) is 2.93. The summed E-state index contributed by atoms with van der Waals surface area (Å²) < 4.78 is 6.68. The predicted molar refractivity (Wildman–Crippen MR) is 110 cm³/mol. The number of carbonyl (C=O) groups is 2. The molecule has 2 aromatic rings. The molecule has 0 spiro atoms. The van der Waals surface area contributed by atoms with Crippen molar-refractivity contribution in [1.29, 1.82) is 0 Å². The maximum atomic E-state index is 12.4. The zero-order chi connectivity index (χ0) is 20.7. The molecule has 0 aliphatic heterocycles. The van der Waals surface area contributed by atoms with Gasteiger partial charge in [-0.05, 0) is 37.0 Å². The van der Waals surface area contributed by atoms with Crippen molar-refractivity contribution in [2.45, 2.75) is 57.1 Å². The highest BCUT2D eigenvalue weighted by atomic mass is 32.2. The van der Waals surface area contributed by atoms with Crippen LogP contribution < -0.4 is 5.32 Å². The number of methoxy groups -OCH3 is 1. The molecule has 7 nitrogen and oxygen atoms in total. The zero-order valence-corrected chi connectivity index (χ0v) is 17.9. The second kappa shape index (κ2) is 9.73. The first-order chi connectivity index (χ1) is 13.3. The summed E-state index contributed by atoms with van der Waals surface area (Å²) in [6.45, 7) is 7.93. The van der Waals surface area contributed by atoms with E-state index in [1.807, 2.05) is 23.6 Å². The number of nitrogens with zero attached hydrogens (tertiary/aromatic N) is 3. The van der Waals surface area contributed by atoms with Gasteiger partial charge >= 0.3 is 5.97 Å². The monoisotopic (exact) mass is 404 g/mol. The summed E-state index contributed by atoms with van der Waals surface area (Å²) in [5.74, 6) is -0.115. The molecule has 1 unspecified atom stereocenters. The highest BCUT2D eigenvalue weighted by molar-refractivity contribution is 7.99. The van der Waals surface area contributed by atoms with Gasteiger partial charge in [0.15, 0.2) is 5.16 Å². The first-order valence-electron chi connectivity index (χ1n) is 9.33. The van der Waals surface area contributed by atoms with Crippen molar-refractivity contribution in [3.63, 3.8) is 0 Å². The highest BCUT2D eigenvalue weighted by Gasteiger charge is 2.35. The van der Waals surface area contributed by atoms with E-state index in [-0.39, 0.29) is 11.7 Å². The lowest BCUT2D eigenvalue weighted by atomic mass is 9.96. The number of ether oxygens (including phenoxy) is 1. The number of aromatic nitrogens is 3. The van der Waals surface area contributed by atoms with Crippen molar-refractivity contribution in [2.75, 3.05) is 12.9 Å². The van der Waals surface area contributed by atoms with Gasteiger partial charge in [-0.1, -0.05) is 51.1 Å². The van der Waals surface area contributed by atoms with Gasteiger partial charge in [-0.2, -0.15) is 0 Å². The Morgan fingerprint density at radius 3 is 2.54 bits per heavy atom. The number of nitrogens with one attached hydrogen (secondary N) is 1. The molecule has 0 saturated heterocycles. The molecule has 8 heteroatoms. The van der Waals surface area contributed by atoms with Gasteiger partial charge in [0, 0.05) is 5.69 Å². The van der Waals surface area contributed by atoms with Gasteiger partial charge in [0.2, 0.25) is 5.91 Å². The number of rotatable bonds is 9. The number of esters is 1. The first kappa shape index (κ1) is 21.9. The molecule has 0 aliphatic carbocycles. The Morgan fingerprint density at radius 1 is 1.29 bits per heavy atom. The van der Waals surface area contributed by atoms with Crippen LogP contribution in [0.25, 0.3) is 5.69 Å². The van der Waals surface area contributed by atoms with Crippen LogP contribution in [0, 0.1) is 0 Å². The molecule has 152 valence electrons. The topological polar surface area (TPSA) is 86.1 Å². The third-order valence-electron chi connectivity index (χ3n) is 4.49. The van der Waals surface area contributed by atoms with E-state index in [0.717, 1.165) is 12.1 Å². The number of carbonyl (C=O) groups excluding carboxylic acids is 2. The van der Waals surface area contributed by atoms with Crippen LogP contribution in [0.3, 0.4) is 0 Å². The maximum Gasteiger partial charge on any atom is 0.331 e. The van der Waals surface area contributed by atoms with Crippen LogP contribution in [-0.4, -0.2) is 45.0 Å². The zero-order valence-electron chi connectivity index (χ0n) is 17.1. The van der Waals surface area contributed by atoms with Gasteiger partial charge in [0.1, 0.15) is 11.9 Å². The number of benzene rings is 1. The quantitative estimate of drug-likeness (QED) is 0.510. The fourth-order valence-corrected chi connectivity index (χ4v) is 3.66. The van der Waals surface area contributed by atoms with Crippen LogP contribution in [0.1, 0.15) is 52.0 Å². The van der Waals surface area contributed by atoms with Crippen molar-refractivity contribution in [2.24, 2.45) is 0 Å². The van der Waals surface area contributed by atoms with E-state index in [2.05, 4.69) is 41.5 Å². The number of amides is 1. The van der Waals surface area contributed by atoms with Crippen LogP contribution in [0.5, 0.6) is 0 Å². The minimum Gasteiger partial charge on any atom is -0.467 e. The maximum absolute atomic E-state index is 12.4. The Hall–Kier alpha value is -2.35. The summed E-state index contributed by atoms with van der Waals surface area (Å²) in [6, 6.07) is 8.18. The van der Waals surface area contributed by atoms with Crippen molar-refractivity contribution >= 4 is 23.6 Å². The lowest BCUT2D eigenvalue weighted by Gasteiger charge is -2.27. The standard InChI is InChI=1S/C20H28N4O3S/c1-6-11-20(4,18(26)27-5)22-17(25)12-28-19-23-21-13-24(19)16-9-7-15(8-10-16)14(2)3/h7-10,13-14H,6,11-12H2,1-5H3,(H,22,25). The minimum atomic E-state index is -1.03. The van der Waals surface area contributed by atoms with E-state index in [1.165, 1.54) is 24.4 Å². The Labute approximate surface area is 170 Å². The first-order valence-corrected chi connectivity index (χ1v) is 10.3. The average molecular weight is 405 g/mol. The SMILES string of the molecule is CCCC(C)(NC(=O)CSc1nncn1-c1ccc(C(C)C)cc1)C(=O)OC. The van der Waals surface area contributed by atoms with Gasteiger partial charge in [-0.25, -0.2) is 4.79 Å². The minimum absolute atomic E-state index is 0.124. The molecule has 1 amide bonds. The van der Waals surface area contributed by atoms with Crippen LogP contribution in [0.4, 0.5) is 0 Å². The third-order valence-corrected chi connectivity index (χ3v) is 5.43. The van der Waals surface area contributed by atoms with Crippen LogP contribution in [0.15, 0.2) is 35.7 Å². The van der Waals surface area contributed by atoms with Crippen molar-refractivity contribution in [3.8, 4) is 5.69 Å². The summed E-state index contributed by atoms with van der Waals surface area (Å²) in [5, 5.41) is 11.5. The molecule has 0 radical (unpaired) electrons. The molecule has 1 aromatic heterocycles. The van der Waals surface area contributed by atoms with Crippen molar-refractivity contribution in [1.82, 2.24) is 20.1 Å². The molecular formula is C20H28N4O3S. The molecule has 2 rings (SSSR count). The molecular weight excluding hydrogens is 376 g/mol. The summed E-state index contributed by atoms with van der Waals surface area (Å²) in [7, 11) is 1.32. The average Bonchev–Trinajstić information content (AvgIpc) is 3.14. The van der Waals surface area contributed by atoms with Crippen LogP contribution in [0.2, 0.25) is 0 Å². The van der Waals surface area contributed by atoms with Crippen LogP contribution in [-0.2, 0) is 14.3 Å². The van der Waals surface area contributed by atoms with Gasteiger partial charge in [0.25, 0.3) is 0 Å². The lowest BCUT2D eigenvalue weighted by molar-refractivity contribution is -0.150. The molecule has 0 saturated carbocycles. The summed E-state index contributed by atoms with van der Waals surface area (Å²) >= 11 is 1.27. The number of thioether (sulfide) groups is 1. The third kappa shape index (κ3) is 5.34. The molecule has 0 fully saturated rings. The van der Waals surface area contributed by atoms with E-state index < -0.39 is 11.5 Å². The number of hydrogen-bond acceptors (Lipinski definition) is 6.